The minimum absolute atomic E-state index is 0.0354. The van der Waals surface area contributed by atoms with E-state index in [2.05, 4.69) is 5.32 Å². The summed E-state index contributed by atoms with van der Waals surface area (Å²) < 4.78 is 46.7. The van der Waals surface area contributed by atoms with E-state index >= 15 is 0 Å². The molecular formula is C16H21F3N2O2. The Hall–Kier alpha value is -1.76. The van der Waals surface area contributed by atoms with Gasteiger partial charge in [-0.1, -0.05) is 30.3 Å². The number of hydrogen-bond acceptors (Lipinski definition) is 3. The molecule has 1 aromatic rings. The highest BCUT2D eigenvalue weighted by atomic mass is 19.4. The second-order valence-electron chi connectivity index (χ2n) is 6.60. The maximum atomic E-state index is 13.8. The molecule has 1 aliphatic rings. The average Bonchev–Trinajstić information content (AvgIpc) is 2.45. The number of carbonyl (C=O) groups excluding carboxylic acids is 1. The molecule has 4 nitrogen and oxygen atoms in total. The summed E-state index contributed by atoms with van der Waals surface area (Å²) in [4.78, 5) is 13.3. The Balaban J connectivity index is 2.32. The fourth-order valence-corrected chi connectivity index (χ4v) is 2.58. The molecule has 0 saturated carbocycles. The second-order valence-corrected chi connectivity index (χ2v) is 6.60. The number of alkyl halides is 3. The molecule has 0 aliphatic carbocycles. The molecule has 128 valence electrons. The molecule has 1 aliphatic heterocycles. The van der Waals surface area contributed by atoms with E-state index in [1.807, 2.05) is 0 Å². The predicted octanol–water partition coefficient (Wildman–Crippen LogP) is 3.28. The summed E-state index contributed by atoms with van der Waals surface area (Å²) in [7, 11) is 0. The van der Waals surface area contributed by atoms with Crippen LogP contribution in [0, 0.1) is 0 Å². The highest BCUT2D eigenvalue weighted by molar-refractivity contribution is 5.68. The van der Waals surface area contributed by atoms with Crippen LogP contribution in [0.2, 0.25) is 0 Å². The number of hydrogen-bond donors (Lipinski definition) is 1. The van der Waals surface area contributed by atoms with Crippen molar-refractivity contribution in [1.82, 2.24) is 10.2 Å². The van der Waals surface area contributed by atoms with Gasteiger partial charge in [-0.2, -0.15) is 13.2 Å². The van der Waals surface area contributed by atoms with E-state index < -0.39 is 30.0 Å². The van der Waals surface area contributed by atoms with Crippen molar-refractivity contribution in [2.75, 3.05) is 19.6 Å². The number of piperazine rings is 1. The maximum absolute atomic E-state index is 13.8. The molecular weight excluding hydrogens is 309 g/mol. The monoisotopic (exact) mass is 330 g/mol. The fraction of sp³-hybridized carbons (Fsp3) is 0.562. The number of ether oxygens (including phenoxy) is 1. The van der Waals surface area contributed by atoms with Crippen LogP contribution in [0.4, 0.5) is 18.0 Å². The lowest BCUT2D eigenvalue weighted by atomic mass is 9.87. The molecule has 1 amide bonds. The fourth-order valence-electron chi connectivity index (χ4n) is 2.58. The largest absolute Gasteiger partial charge is 0.444 e. The van der Waals surface area contributed by atoms with Gasteiger partial charge in [0.15, 0.2) is 5.54 Å². The Morgan fingerprint density at radius 1 is 1.22 bits per heavy atom. The molecule has 0 aromatic heterocycles. The van der Waals surface area contributed by atoms with Crippen LogP contribution in [-0.4, -0.2) is 42.4 Å². The van der Waals surface area contributed by atoms with Crippen molar-refractivity contribution in [1.29, 1.82) is 0 Å². The Morgan fingerprint density at radius 2 is 1.83 bits per heavy atom. The lowest BCUT2D eigenvalue weighted by molar-refractivity contribution is -0.210. The van der Waals surface area contributed by atoms with Crippen LogP contribution in [0.15, 0.2) is 30.3 Å². The number of amides is 1. The van der Waals surface area contributed by atoms with Gasteiger partial charge in [-0.15, -0.1) is 0 Å². The van der Waals surface area contributed by atoms with E-state index in [4.69, 9.17) is 4.74 Å². The Kier molecular flexibility index (Phi) is 4.61. The van der Waals surface area contributed by atoms with E-state index in [9.17, 15) is 18.0 Å². The standard InChI is InChI=1S/C16H21F3N2O2/c1-14(2,3)23-13(22)21-10-9-20-15(11-21,16(17,18)19)12-7-5-4-6-8-12/h4-8,20H,9-11H2,1-3H3/t15-/m1/s1. The van der Waals surface area contributed by atoms with Gasteiger partial charge in [-0.25, -0.2) is 4.79 Å². The summed E-state index contributed by atoms with van der Waals surface area (Å²) in [5.74, 6) is 0. The van der Waals surface area contributed by atoms with Crippen LogP contribution in [0.1, 0.15) is 26.3 Å². The van der Waals surface area contributed by atoms with Gasteiger partial charge >= 0.3 is 12.3 Å². The normalized spacial score (nSPS) is 22.8. The first-order valence-electron chi connectivity index (χ1n) is 7.40. The first-order chi connectivity index (χ1) is 10.6. The van der Waals surface area contributed by atoms with Crippen LogP contribution in [0.3, 0.4) is 0 Å². The number of halogens is 3. The predicted molar refractivity (Wildman–Crippen MR) is 80.0 cm³/mol. The molecule has 1 saturated heterocycles. The first-order valence-corrected chi connectivity index (χ1v) is 7.40. The van der Waals surface area contributed by atoms with Crippen LogP contribution in [0.25, 0.3) is 0 Å². The summed E-state index contributed by atoms with van der Waals surface area (Å²) in [6.45, 7) is 4.73. The van der Waals surface area contributed by atoms with Crippen LogP contribution < -0.4 is 5.32 Å². The average molecular weight is 330 g/mol. The van der Waals surface area contributed by atoms with Crippen LogP contribution in [0.5, 0.6) is 0 Å². The summed E-state index contributed by atoms with van der Waals surface area (Å²) in [6, 6.07) is 7.59. The minimum Gasteiger partial charge on any atom is -0.444 e. The van der Waals surface area contributed by atoms with Crippen molar-refractivity contribution in [3.05, 3.63) is 35.9 Å². The molecule has 0 bridgehead atoms. The summed E-state index contributed by atoms with van der Waals surface area (Å²) >= 11 is 0. The van der Waals surface area contributed by atoms with Crippen molar-refractivity contribution in [3.8, 4) is 0 Å². The molecule has 1 aromatic carbocycles. The summed E-state index contributed by atoms with van der Waals surface area (Å²) in [6.07, 6.45) is -5.28. The number of benzene rings is 1. The molecule has 0 unspecified atom stereocenters. The molecule has 7 heteroatoms. The zero-order valence-electron chi connectivity index (χ0n) is 13.4. The SMILES string of the molecule is CC(C)(C)OC(=O)N1CCN[C@](c2ccccc2)(C(F)(F)F)C1. The van der Waals surface area contributed by atoms with Gasteiger partial charge in [-0.3, -0.25) is 5.32 Å². The molecule has 2 rings (SSSR count). The highest BCUT2D eigenvalue weighted by Gasteiger charge is 2.58. The first kappa shape index (κ1) is 17.6. The third kappa shape index (κ3) is 3.77. The van der Waals surface area contributed by atoms with E-state index in [-0.39, 0.29) is 18.7 Å². The maximum Gasteiger partial charge on any atom is 0.412 e. The molecule has 23 heavy (non-hydrogen) atoms. The van der Waals surface area contributed by atoms with Gasteiger partial charge in [0, 0.05) is 13.1 Å². The van der Waals surface area contributed by atoms with Crippen molar-refractivity contribution in [2.24, 2.45) is 0 Å². The minimum atomic E-state index is -4.55. The van der Waals surface area contributed by atoms with Crippen molar-refractivity contribution >= 4 is 6.09 Å². The van der Waals surface area contributed by atoms with Crippen molar-refractivity contribution in [2.45, 2.75) is 38.1 Å². The van der Waals surface area contributed by atoms with Gasteiger partial charge in [0.1, 0.15) is 5.60 Å². The highest BCUT2D eigenvalue weighted by Crippen LogP contribution is 2.41. The quantitative estimate of drug-likeness (QED) is 0.859. The van der Waals surface area contributed by atoms with Crippen molar-refractivity contribution in [3.63, 3.8) is 0 Å². The Labute approximate surface area is 133 Å². The number of carbonyl (C=O) groups is 1. The molecule has 0 radical (unpaired) electrons. The van der Waals surface area contributed by atoms with Crippen LogP contribution in [-0.2, 0) is 10.3 Å². The molecule has 1 atom stereocenters. The lowest BCUT2D eigenvalue weighted by Gasteiger charge is -2.44. The van der Waals surface area contributed by atoms with Gasteiger partial charge in [0.05, 0.1) is 6.54 Å². The smallest absolute Gasteiger partial charge is 0.412 e. The number of nitrogens with zero attached hydrogens (tertiary/aromatic N) is 1. The zero-order valence-corrected chi connectivity index (χ0v) is 13.4. The van der Waals surface area contributed by atoms with E-state index in [0.29, 0.717) is 0 Å². The van der Waals surface area contributed by atoms with E-state index in [1.54, 1.807) is 39.0 Å². The van der Waals surface area contributed by atoms with Gasteiger partial charge < -0.3 is 9.64 Å². The van der Waals surface area contributed by atoms with E-state index in [1.165, 1.54) is 12.1 Å². The third-order valence-electron chi connectivity index (χ3n) is 3.64. The molecule has 1 N–H and O–H groups in total. The number of rotatable bonds is 1. The van der Waals surface area contributed by atoms with Crippen molar-refractivity contribution < 1.29 is 22.7 Å². The molecule has 0 spiro atoms. The Bertz CT molecular complexity index is 555. The van der Waals surface area contributed by atoms with Gasteiger partial charge in [0.2, 0.25) is 0 Å². The Morgan fingerprint density at radius 3 is 2.35 bits per heavy atom. The molecule has 1 heterocycles. The second kappa shape index (κ2) is 6.03. The topological polar surface area (TPSA) is 41.6 Å². The summed E-state index contributed by atoms with van der Waals surface area (Å²) in [5.41, 5.74) is -2.96. The molecule has 1 fully saturated rings. The van der Waals surface area contributed by atoms with Gasteiger partial charge in [-0.05, 0) is 26.3 Å². The van der Waals surface area contributed by atoms with E-state index in [0.717, 1.165) is 4.90 Å². The number of nitrogens with one attached hydrogen (secondary N) is 1. The summed E-state index contributed by atoms with van der Waals surface area (Å²) in [5, 5.41) is 2.56. The third-order valence-corrected chi connectivity index (χ3v) is 3.64. The lowest BCUT2D eigenvalue weighted by Crippen LogP contribution is -2.66. The van der Waals surface area contributed by atoms with Gasteiger partial charge in [0.25, 0.3) is 0 Å². The van der Waals surface area contributed by atoms with Crippen LogP contribution >= 0.6 is 0 Å². The zero-order chi connectivity index (χ0) is 17.3.